The first-order valence-electron chi connectivity index (χ1n) is 4.23. The van der Waals surface area contributed by atoms with Gasteiger partial charge < -0.3 is 13.3 Å². The SMILES string of the molecule is CCO[SiH](OC)Oc1ccccc1. The Labute approximate surface area is 80.2 Å². The average Bonchev–Trinajstić information content (AvgIpc) is 2.19. The predicted octanol–water partition coefficient (Wildman–Crippen LogP) is 1.47. The third-order valence-electron chi connectivity index (χ3n) is 1.47. The molecule has 1 unspecified atom stereocenters. The molecule has 0 aliphatic rings. The van der Waals surface area contributed by atoms with E-state index in [1.54, 1.807) is 7.11 Å². The van der Waals surface area contributed by atoms with Gasteiger partial charge in [-0.25, -0.2) is 0 Å². The van der Waals surface area contributed by atoms with Crippen LogP contribution in [0.4, 0.5) is 0 Å². The highest BCUT2D eigenvalue weighted by Gasteiger charge is 2.13. The zero-order valence-electron chi connectivity index (χ0n) is 7.90. The van der Waals surface area contributed by atoms with E-state index in [9.17, 15) is 0 Å². The lowest BCUT2D eigenvalue weighted by Crippen LogP contribution is -2.28. The number of para-hydroxylation sites is 1. The Hall–Kier alpha value is -0.843. The number of hydrogen-bond donors (Lipinski definition) is 0. The molecule has 0 saturated heterocycles. The molecule has 0 amide bonds. The van der Waals surface area contributed by atoms with Crippen LogP contribution in [-0.2, 0) is 8.85 Å². The summed E-state index contributed by atoms with van der Waals surface area (Å²) in [4.78, 5) is 0. The molecule has 1 aromatic rings. The minimum absolute atomic E-state index is 0.623. The van der Waals surface area contributed by atoms with Crippen LogP contribution in [0.2, 0.25) is 0 Å². The molecule has 0 bridgehead atoms. The first kappa shape index (κ1) is 10.2. The highest BCUT2D eigenvalue weighted by molar-refractivity contribution is 6.37. The summed E-state index contributed by atoms with van der Waals surface area (Å²) in [6.45, 7) is 2.55. The predicted molar refractivity (Wildman–Crippen MR) is 52.9 cm³/mol. The summed E-state index contributed by atoms with van der Waals surface area (Å²) in [5.74, 6) is 0.800. The highest BCUT2D eigenvalue weighted by atomic mass is 28.3. The van der Waals surface area contributed by atoms with Crippen molar-refractivity contribution in [2.24, 2.45) is 0 Å². The van der Waals surface area contributed by atoms with Gasteiger partial charge >= 0.3 is 9.53 Å². The number of benzene rings is 1. The Morgan fingerprint density at radius 1 is 1.23 bits per heavy atom. The van der Waals surface area contributed by atoms with Gasteiger partial charge in [-0.05, 0) is 19.1 Å². The molecule has 1 aromatic carbocycles. The van der Waals surface area contributed by atoms with E-state index in [4.69, 9.17) is 13.3 Å². The largest absolute Gasteiger partial charge is 0.549 e. The Bertz CT molecular complexity index is 228. The molecular formula is C9H14O3Si. The van der Waals surface area contributed by atoms with Crippen LogP contribution >= 0.6 is 0 Å². The lowest BCUT2D eigenvalue weighted by Gasteiger charge is -2.13. The fraction of sp³-hybridized carbons (Fsp3) is 0.333. The smallest absolute Gasteiger partial charge is 0.503 e. The lowest BCUT2D eigenvalue weighted by molar-refractivity contribution is 0.175. The quantitative estimate of drug-likeness (QED) is 0.670. The van der Waals surface area contributed by atoms with Crippen LogP contribution in [0.25, 0.3) is 0 Å². The summed E-state index contributed by atoms with van der Waals surface area (Å²) in [5.41, 5.74) is 0. The average molecular weight is 198 g/mol. The minimum atomic E-state index is -1.94. The molecule has 72 valence electrons. The zero-order valence-corrected chi connectivity index (χ0v) is 9.05. The van der Waals surface area contributed by atoms with Gasteiger partial charge in [0.1, 0.15) is 5.75 Å². The van der Waals surface area contributed by atoms with E-state index in [1.807, 2.05) is 37.3 Å². The number of rotatable bonds is 5. The van der Waals surface area contributed by atoms with Crippen molar-refractivity contribution in [1.29, 1.82) is 0 Å². The standard InChI is InChI=1S/C9H14O3Si/c1-3-11-13(10-2)12-9-7-5-4-6-8-9/h4-8,13H,3H2,1-2H3. The highest BCUT2D eigenvalue weighted by Crippen LogP contribution is 2.09. The Balaban J connectivity index is 2.46. The molecule has 0 aliphatic carbocycles. The van der Waals surface area contributed by atoms with Crippen LogP contribution in [0, 0.1) is 0 Å². The summed E-state index contributed by atoms with van der Waals surface area (Å²) in [6, 6.07) is 9.55. The molecule has 4 heteroatoms. The van der Waals surface area contributed by atoms with Crippen LogP contribution in [0.15, 0.2) is 30.3 Å². The van der Waals surface area contributed by atoms with Crippen molar-refractivity contribution in [3.8, 4) is 5.75 Å². The monoisotopic (exact) mass is 198 g/mol. The van der Waals surface area contributed by atoms with E-state index in [0.717, 1.165) is 5.75 Å². The maximum atomic E-state index is 5.50. The second-order valence-electron chi connectivity index (χ2n) is 2.41. The summed E-state index contributed by atoms with van der Waals surface area (Å²) >= 11 is 0. The summed E-state index contributed by atoms with van der Waals surface area (Å²) in [6.07, 6.45) is 0. The topological polar surface area (TPSA) is 27.7 Å². The van der Waals surface area contributed by atoms with Crippen LogP contribution in [-0.4, -0.2) is 23.2 Å². The second kappa shape index (κ2) is 5.74. The van der Waals surface area contributed by atoms with Crippen molar-refractivity contribution in [3.05, 3.63) is 30.3 Å². The summed E-state index contributed by atoms with van der Waals surface area (Å²) in [7, 11) is -0.333. The molecule has 0 fully saturated rings. The molecule has 1 atom stereocenters. The molecule has 1 rings (SSSR count). The molecule has 3 nitrogen and oxygen atoms in total. The minimum Gasteiger partial charge on any atom is -0.503 e. The van der Waals surface area contributed by atoms with Crippen LogP contribution < -0.4 is 4.43 Å². The third-order valence-corrected chi connectivity index (χ3v) is 2.93. The van der Waals surface area contributed by atoms with Crippen molar-refractivity contribution in [2.75, 3.05) is 13.7 Å². The van der Waals surface area contributed by atoms with E-state index in [2.05, 4.69) is 0 Å². The van der Waals surface area contributed by atoms with Gasteiger partial charge in [0.2, 0.25) is 0 Å². The van der Waals surface area contributed by atoms with Crippen molar-refractivity contribution in [1.82, 2.24) is 0 Å². The van der Waals surface area contributed by atoms with Gasteiger partial charge in [-0.15, -0.1) is 0 Å². The summed E-state index contributed by atoms with van der Waals surface area (Å²) in [5, 5.41) is 0. The summed E-state index contributed by atoms with van der Waals surface area (Å²) < 4.78 is 15.9. The molecule has 0 aliphatic heterocycles. The van der Waals surface area contributed by atoms with Crippen molar-refractivity contribution < 1.29 is 13.3 Å². The molecule has 0 N–H and O–H groups in total. The molecule has 0 heterocycles. The van der Waals surface area contributed by atoms with E-state index in [-0.39, 0.29) is 0 Å². The van der Waals surface area contributed by atoms with Crippen LogP contribution in [0.5, 0.6) is 5.75 Å². The van der Waals surface area contributed by atoms with E-state index < -0.39 is 9.53 Å². The fourth-order valence-electron chi connectivity index (χ4n) is 0.896. The maximum absolute atomic E-state index is 5.50. The molecule has 13 heavy (non-hydrogen) atoms. The third kappa shape index (κ3) is 3.58. The van der Waals surface area contributed by atoms with E-state index >= 15 is 0 Å². The normalized spacial score (nSPS) is 12.5. The molecule has 0 saturated carbocycles. The van der Waals surface area contributed by atoms with Gasteiger partial charge in [-0.2, -0.15) is 0 Å². The Morgan fingerprint density at radius 2 is 1.92 bits per heavy atom. The van der Waals surface area contributed by atoms with Crippen LogP contribution in [0.1, 0.15) is 6.92 Å². The van der Waals surface area contributed by atoms with Gasteiger partial charge in [0.25, 0.3) is 0 Å². The molecule has 0 spiro atoms. The van der Waals surface area contributed by atoms with Crippen molar-refractivity contribution in [3.63, 3.8) is 0 Å². The Kier molecular flexibility index (Phi) is 4.52. The van der Waals surface area contributed by atoms with Gasteiger partial charge in [0, 0.05) is 13.7 Å². The number of hydrogen-bond acceptors (Lipinski definition) is 3. The lowest BCUT2D eigenvalue weighted by atomic mass is 10.3. The fourth-order valence-corrected chi connectivity index (χ4v) is 1.85. The van der Waals surface area contributed by atoms with Gasteiger partial charge in [-0.3, -0.25) is 0 Å². The van der Waals surface area contributed by atoms with Crippen molar-refractivity contribution >= 4 is 9.53 Å². The molecule has 0 aromatic heterocycles. The first-order chi connectivity index (χ1) is 6.36. The molecule has 0 radical (unpaired) electrons. The van der Waals surface area contributed by atoms with Crippen molar-refractivity contribution in [2.45, 2.75) is 6.92 Å². The maximum Gasteiger partial charge on any atom is 0.549 e. The van der Waals surface area contributed by atoms with E-state index in [1.165, 1.54) is 0 Å². The van der Waals surface area contributed by atoms with E-state index in [0.29, 0.717) is 6.61 Å². The zero-order chi connectivity index (χ0) is 9.52. The second-order valence-corrected chi connectivity index (χ2v) is 4.03. The Morgan fingerprint density at radius 3 is 2.46 bits per heavy atom. The van der Waals surface area contributed by atoms with Gasteiger partial charge in [0.05, 0.1) is 0 Å². The first-order valence-corrected chi connectivity index (χ1v) is 5.64. The van der Waals surface area contributed by atoms with Gasteiger partial charge in [-0.1, -0.05) is 18.2 Å². The van der Waals surface area contributed by atoms with Gasteiger partial charge in [0.15, 0.2) is 0 Å². The van der Waals surface area contributed by atoms with Crippen LogP contribution in [0.3, 0.4) is 0 Å². The molecular weight excluding hydrogens is 184 g/mol.